The fourth-order valence-electron chi connectivity index (χ4n) is 4.29. The zero-order chi connectivity index (χ0) is 24.8. The lowest BCUT2D eigenvalue weighted by atomic mass is 10.1. The van der Waals surface area contributed by atoms with Crippen molar-refractivity contribution in [2.75, 3.05) is 0 Å². The molecule has 0 saturated heterocycles. The molecule has 8 heteroatoms. The van der Waals surface area contributed by atoms with E-state index in [0.29, 0.717) is 0 Å². The van der Waals surface area contributed by atoms with E-state index in [-0.39, 0.29) is 5.92 Å². The van der Waals surface area contributed by atoms with Crippen molar-refractivity contribution in [3.63, 3.8) is 0 Å². The molecular weight excluding hydrogens is 466 g/mol. The molecule has 0 aliphatic rings. The van der Waals surface area contributed by atoms with Crippen molar-refractivity contribution >= 4 is 22.5 Å². The van der Waals surface area contributed by atoms with Gasteiger partial charge in [-0.2, -0.15) is 0 Å². The molecule has 1 aromatic carbocycles. The molecule has 6 rings (SSSR count). The molecule has 0 amide bonds. The Hall–Kier alpha value is -4.17. The lowest BCUT2D eigenvalue weighted by Gasteiger charge is -2.12. The second kappa shape index (κ2) is 8.80. The largest absolute Gasteiger partial charge is 0.297 e. The lowest BCUT2D eigenvalue weighted by molar-refractivity contribution is 0.757. The van der Waals surface area contributed by atoms with Crippen LogP contribution in [0.1, 0.15) is 36.2 Å². The minimum atomic E-state index is 0.260. The summed E-state index contributed by atoms with van der Waals surface area (Å²) in [6.45, 7) is 8.35. The van der Waals surface area contributed by atoms with Gasteiger partial charge in [-0.15, -0.1) is 11.3 Å². The molecule has 0 aliphatic heterocycles. The molecule has 5 aromatic heterocycles. The zero-order valence-corrected chi connectivity index (χ0v) is 21.4. The highest BCUT2D eigenvalue weighted by molar-refractivity contribution is 7.14. The Morgan fingerprint density at radius 2 is 1.64 bits per heavy atom. The quantitative estimate of drug-likeness (QED) is 0.274. The van der Waals surface area contributed by atoms with E-state index in [9.17, 15) is 0 Å². The number of rotatable bonds is 5. The lowest BCUT2D eigenvalue weighted by Crippen LogP contribution is -2.04. The fraction of sp³-hybridized carbons (Fsp3) is 0.179. The monoisotopic (exact) mass is 491 g/mol. The normalized spacial score (nSPS) is 11.6. The van der Waals surface area contributed by atoms with Crippen LogP contribution in [0.5, 0.6) is 0 Å². The number of thiazole rings is 1. The van der Waals surface area contributed by atoms with Crippen molar-refractivity contribution in [1.82, 2.24) is 34.1 Å². The molecule has 36 heavy (non-hydrogen) atoms. The smallest absolute Gasteiger partial charge is 0.164 e. The van der Waals surface area contributed by atoms with Crippen molar-refractivity contribution in [2.45, 2.75) is 33.6 Å². The summed E-state index contributed by atoms with van der Waals surface area (Å²) < 4.78 is 4.23. The number of hydrogen-bond donors (Lipinski definition) is 0. The number of nitrogens with zero attached hydrogens (tertiary/aromatic N) is 7. The molecule has 0 fully saturated rings. The Morgan fingerprint density at radius 3 is 2.33 bits per heavy atom. The van der Waals surface area contributed by atoms with Crippen LogP contribution in [0.15, 0.2) is 73.3 Å². The molecule has 0 radical (unpaired) electrons. The maximum atomic E-state index is 5.00. The molecule has 0 unspecified atom stereocenters. The van der Waals surface area contributed by atoms with Gasteiger partial charge >= 0.3 is 0 Å². The second-order valence-electron chi connectivity index (χ2n) is 9.11. The Balaban J connectivity index is 1.47. The summed E-state index contributed by atoms with van der Waals surface area (Å²) in [6.07, 6.45) is 7.62. The van der Waals surface area contributed by atoms with Crippen LogP contribution >= 0.6 is 11.3 Å². The van der Waals surface area contributed by atoms with E-state index in [4.69, 9.17) is 9.97 Å². The van der Waals surface area contributed by atoms with Crippen LogP contribution in [-0.4, -0.2) is 34.1 Å². The van der Waals surface area contributed by atoms with Crippen molar-refractivity contribution in [1.29, 1.82) is 0 Å². The van der Waals surface area contributed by atoms with Gasteiger partial charge in [0.2, 0.25) is 0 Å². The van der Waals surface area contributed by atoms with E-state index >= 15 is 0 Å². The van der Waals surface area contributed by atoms with Gasteiger partial charge in [-0.3, -0.25) is 14.1 Å². The van der Waals surface area contributed by atoms with Gasteiger partial charge < -0.3 is 0 Å². The molecule has 0 N–H and O–H groups in total. The van der Waals surface area contributed by atoms with Gasteiger partial charge in [-0.25, -0.2) is 19.9 Å². The van der Waals surface area contributed by atoms with Crippen LogP contribution in [0.25, 0.3) is 44.6 Å². The Labute approximate surface area is 213 Å². The highest BCUT2D eigenvalue weighted by atomic mass is 32.1. The molecule has 0 bridgehead atoms. The van der Waals surface area contributed by atoms with Crippen molar-refractivity contribution < 1.29 is 0 Å². The van der Waals surface area contributed by atoms with Crippen LogP contribution in [-0.2, 0) is 0 Å². The fourth-order valence-corrected chi connectivity index (χ4v) is 5.01. The molecular formula is C28H25N7S. The number of benzene rings is 1. The third-order valence-electron chi connectivity index (χ3n) is 6.06. The van der Waals surface area contributed by atoms with Crippen LogP contribution in [0.3, 0.4) is 0 Å². The van der Waals surface area contributed by atoms with Gasteiger partial charge in [0.1, 0.15) is 27.9 Å². The van der Waals surface area contributed by atoms with Gasteiger partial charge in [0.25, 0.3) is 0 Å². The number of pyridine rings is 2. The molecule has 0 saturated carbocycles. The van der Waals surface area contributed by atoms with E-state index in [0.717, 1.165) is 61.0 Å². The first-order chi connectivity index (χ1) is 17.5. The minimum Gasteiger partial charge on any atom is -0.297 e. The molecule has 178 valence electrons. The molecule has 5 heterocycles. The number of aromatic nitrogens is 7. The Morgan fingerprint density at radius 1 is 0.833 bits per heavy atom. The summed E-state index contributed by atoms with van der Waals surface area (Å²) in [5, 5.41) is 0.904. The van der Waals surface area contributed by atoms with Crippen LogP contribution < -0.4 is 0 Å². The van der Waals surface area contributed by atoms with Crippen LogP contribution in [0.4, 0.5) is 0 Å². The number of imidazole rings is 2. The topological polar surface area (TPSA) is 74.3 Å². The van der Waals surface area contributed by atoms with Gasteiger partial charge in [-0.1, -0.05) is 13.8 Å². The molecule has 0 aliphatic carbocycles. The Kier molecular flexibility index (Phi) is 5.45. The molecule has 6 aromatic rings. The third kappa shape index (κ3) is 3.89. The summed E-state index contributed by atoms with van der Waals surface area (Å²) in [5.41, 5.74) is 6.57. The molecule has 0 atom stereocenters. The molecule has 7 nitrogen and oxygen atoms in total. The highest BCUT2D eigenvalue weighted by Gasteiger charge is 2.18. The summed E-state index contributed by atoms with van der Waals surface area (Å²) in [6, 6.07) is 16.4. The summed E-state index contributed by atoms with van der Waals surface area (Å²) in [5.74, 6) is 2.09. The van der Waals surface area contributed by atoms with Gasteiger partial charge in [0.05, 0.1) is 11.9 Å². The van der Waals surface area contributed by atoms with Gasteiger partial charge in [0, 0.05) is 46.3 Å². The first kappa shape index (κ1) is 22.3. The number of fused-ring (bicyclic) bond motifs is 1. The predicted octanol–water partition coefficient (Wildman–Crippen LogP) is 6.53. The maximum absolute atomic E-state index is 5.00. The minimum absolute atomic E-state index is 0.260. The van der Waals surface area contributed by atoms with Crippen molar-refractivity contribution in [3.05, 3.63) is 89.7 Å². The summed E-state index contributed by atoms with van der Waals surface area (Å²) >= 11 is 1.64. The predicted molar refractivity (Wildman–Crippen MR) is 144 cm³/mol. The highest BCUT2D eigenvalue weighted by Crippen LogP contribution is 2.31. The first-order valence-electron chi connectivity index (χ1n) is 11.9. The number of hydrogen-bond acceptors (Lipinski definition) is 6. The van der Waals surface area contributed by atoms with E-state index in [1.165, 1.54) is 0 Å². The van der Waals surface area contributed by atoms with Crippen molar-refractivity contribution in [3.8, 4) is 33.5 Å². The van der Waals surface area contributed by atoms with Crippen LogP contribution in [0, 0.1) is 13.8 Å². The summed E-state index contributed by atoms with van der Waals surface area (Å²) in [4.78, 5) is 24.7. The van der Waals surface area contributed by atoms with E-state index in [1.54, 1.807) is 11.3 Å². The SMILES string of the molecule is Cc1ccc(-n2cc(-c3ncc(C)s3)nc2-c2ccc(-n3c(C(C)C)nc4cccnc43)cc2)cn1. The average molecular weight is 492 g/mol. The maximum Gasteiger partial charge on any atom is 0.164 e. The average Bonchev–Trinajstić information content (AvgIpc) is 3.61. The van der Waals surface area contributed by atoms with Crippen molar-refractivity contribution in [2.24, 2.45) is 0 Å². The molecule has 0 spiro atoms. The first-order valence-corrected chi connectivity index (χ1v) is 12.7. The van der Waals surface area contributed by atoms with Gasteiger partial charge in [0.15, 0.2) is 5.65 Å². The standard InChI is InChI=1S/C28H25N7S/c1-17(2)25-32-23-6-5-13-29-27(23)35(25)21-11-8-20(9-12-21)26-33-24(28-31-14-19(4)36-28)16-34(26)22-10-7-18(3)30-15-22/h5-17H,1-4H3. The summed E-state index contributed by atoms with van der Waals surface area (Å²) in [7, 11) is 0. The van der Waals surface area contributed by atoms with E-state index < -0.39 is 0 Å². The Bertz CT molecular complexity index is 1670. The number of aryl methyl sites for hydroxylation is 2. The zero-order valence-electron chi connectivity index (χ0n) is 20.5. The van der Waals surface area contributed by atoms with E-state index in [1.807, 2.05) is 49.9 Å². The third-order valence-corrected chi connectivity index (χ3v) is 7.00. The van der Waals surface area contributed by atoms with Crippen LogP contribution in [0.2, 0.25) is 0 Å². The second-order valence-corrected chi connectivity index (χ2v) is 10.3. The van der Waals surface area contributed by atoms with Gasteiger partial charge in [-0.05, 0) is 62.4 Å². The van der Waals surface area contributed by atoms with E-state index in [2.05, 4.69) is 75.2 Å².